The topological polar surface area (TPSA) is 9.23 Å². The number of allylic oxidation sites excluding steroid dienone is 4. The molecule has 6 rings (SSSR count). The minimum atomic E-state index is -0.624. The van der Waals surface area contributed by atoms with Gasteiger partial charge < -0.3 is 4.74 Å². The summed E-state index contributed by atoms with van der Waals surface area (Å²) >= 11 is 0. The maximum Gasteiger partial charge on any atom is 0.117 e. The Hall–Kier alpha value is -4.20. The highest BCUT2D eigenvalue weighted by molar-refractivity contribution is 5.72. The smallest absolute Gasteiger partial charge is 0.117 e. The second kappa shape index (κ2) is 10.0. The molecular formula is C36H30O. The first-order valence-corrected chi connectivity index (χ1v) is 13.0. The minimum Gasteiger partial charge on any atom is -0.350 e. The van der Waals surface area contributed by atoms with E-state index in [1.807, 2.05) is 0 Å². The summed E-state index contributed by atoms with van der Waals surface area (Å²) < 4.78 is 7.53. The lowest BCUT2D eigenvalue weighted by Crippen LogP contribution is -2.41. The molecule has 4 aromatic rings. The molecule has 0 saturated carbocycles. The van der Waals surface area contributed by atoms with E-state index < -0.39 is 11.2 Å². The van der Waals surface area contributed by atoms with Gasteiger partial charge in [-0.1, -0.05) is 146 Å². The van der Waals surface area contributed by atoms with Crippen molar-refractivity contribution in [2.45, 2.75) is 24.0 Å². The molecule has 0 heterocycles. The lowest BCUT2D eigenvalue weighted by molar-refractivity contribution is -0.114. The SMILES string of the molecule is C1=CC(OC2(c3ccccc3)C=CC=C(c3ccccc3)C2)(c2ccccc2)CC(c2ccccc2)=C1. The fourth-order valence-corrected chi connectivity index (χ4v) is 5.56. The van der Waals surface area contributed by atoms with E-state index in [1.54, 1.807) is 0 Å². The molecular weight excluding hydrogens is 448 g/mol. The van der Waals surface area contributed by atoms with Crippen molar-refractivity contribution in [3.8, 4) is 0 Å². The van der Waals surface area contributed by atoms with Crippen LogP contribution >= 0.6 is 0 Å². The van der Waals surface area contributed by atoms with Gasteiger partial charge in [-0.05, 0) is 45.6 Å². The molecule has 0 radical (unpaired) electrons. The summed E-state index contributed by atoms with van der Waals surface area (Å²) in [5, 5.41) is 0. The van der Waals surface area contributed by atoms with Crippen LogP contribution < -0.4 is 0 Å². The lowest BCUT2D eigenvalue weighted by atomic mass is 9.77. The van der Waals surface area contributed by atoms with E-state index >= 15 is 0 Å². The van der Waals surface area contributed by atoms with Crippen molar-refractivity contribution in [2.75, 3.05) is 0 Å². The normalized spacial score (nSPS) is 22.8. The summed E-state index contributed by atoms with van der Waals surface area (Å²) in [6.45, 7) is 0. The van der Waals surface area contributed by atoms with Gasteiger partial charge in [0.25, 0.3) is 0 Å². The highest BCUT2D eigenvalue weighted by atomic mass is 16.5. The summed E-state index contributed by atoms with van der Waals surface area (Å²) in [6.07, 6.45) is 14.8. The molecule has 4 aromatic carbocycles. The van der Waals surface area contributed by atoms with Crippen LogP contribution in [-0.4, -0.2) is 0 Å². The van der Waals surface area contributed by atoms with E-state index in [0.717, 1.165) is 24.0 Å². The highest BCUT2D eigenvalue weighted by Gasteiger charge is 2.44. The van der Waals surface area contributed by atoms with E-state index in [-0.39, 0.29) is 0 Å². The van der Waals surface area contributed by atoms with Gasteiger partial charge in [-0.25, -0.2) is 0 Å². The van der Waals surface area contributed by atoms with Crippen LogP contribution in [0.15, 0.2) is 158 Å². The molecule has 180 valence electrons. The fraction of sp³-hybridized carbons (Fsp3) is 0.111. The molecule has 0 bridgehead atoms. The van der Waals surface area contributed by atoms with Crippen LogP contribution in [0, 0.1) is 0 Å². The third kappa shape index (κ3) is 4.67. The van der Waals surface area contributed by atoms with Gasteiger partial charge in [0.15, 0.2) is 0 Å². The Morgan fingerprint density at radius 3 is 1.16 bits per heavy atom. The molecule has 37 heavy (non-hydrogen) atoms. The second-order valence-corrected chi connectivity index (χ2v) is 9.80. The zero-order chi connectivity index (χ0) is 25.0. The summed E-state index contributed by atoms with van der Waals surface area (Å²) in [6, 6.07) is 42.6. The van der Waals surface area contributed by atoms with Crippen molar-refractivity contribution < 1.29 is 4.74 Å². The summed E-state index contributed by atoms with van der Waals surface area (Å²) in [5.74, 6) is 0. The van der Waals surface area contributed by atoms with Crippen molar-refractivity contribution in [3.05, 3.63) is 180 Å². The quantitative estimate of drug-likeness (QED) is 0.269. The van der Waals surface area contributed by atoms with Crippen molar-refractivity contribution >= 4 is 11.1 Å². The molecule has 1 nitrogen and oxygen atoms in total. The molecule has 2 aliphatic carbocycles. The number of ether oxygens (including phenoxy) is 1. The van der Waals surface area contributed by atoms with E-state index in [1.165, 1.54) is 22.3 Å². The first-order valence-electron chi connectivity index (χ1n) is 13.0. The van der Waals surface area contributed by atoms with Gasteiger partial charge in [-0.2, -0.15) is 0 Å². The van der Waals surface area contributed by atoms with Gasteiger partial charge in [0, 0.05) is 12.8 Å². The molecule has 0 spiro atoms. The molecule has 0 fully saturated rings. The van der Waals surface area contributed by atoms with E-state index in [9.17, 15) is 0 Å². The molecule has 2 aliphatic rings. The van der Waals surface area contributed by atoms with Crippen LogP contribution in [0.1, 0.15) is 35.1 Å². The van der Waals surface area contributed by atoms with Crippen LogP contribution in [0.4, 0.5) is 0 Å². The predicted octanol–water partition coefficient (Wildman–Crippen LogP) is 8.88. The van der Waals surface area contributed by atoms with Crippen LogP contribution in [-0.2, 0) is 15.9 Å². The molecule has 0 amide bonds. The van der Waals surface area contributed by atoms with Crippen LogP contribution in [0.25, 0.3) is 11.1 Å². The second-order valence-electron chi connectivity index (χ2n) is 9.80. The monoisotopic (exact) mass is 478 g/mol. The molecule has 0 saturated heterocycles. The van der Waals surface area contributed by atoms with Gasteiger partial charge in [0.2, 0.25) is 0 Å². The maximum absolute atomic E-state index is 7.53. The van der Waals surface area contributed by atoms with Gasteiger partial charge in [-0.15, -0.1) is 0 Å². The third-order valence-electron chi connectivity index (χ3n) is 7.41. The molecule has 1 heteroatoms. The van der Waals surface area contributed by atoms with E-state index in [4.69, 9.17) is 4.74 Å². The Balaban J connectivity index is 1.46. The largest absolute Gasteiger partial charge is 0.350 e. The first-order chi connectivity index (χ1) is 18.3. The molecule has 2 atom stereocenters. The van der Waals surface area contributed by atoms with Gasteiger partial charge in [0.1, 0.15) is 11.2 Å². The van der Waals surface area contributed by atoms with Gasteiger partial charge >= 0.3 is 0 Å². The Kier molecular flexibility index (Phi) is 6.30. The molecule has 0 N–H and O–H groups in total. The Labute approximate surface area is 219 Å². The first kappa shape index (κ1) is 23.2. The van der Waals surface area contributed by atoms with Crippen molar-refractivity contribution in [2.24, 2.45) is 0 Å². The fourth-order valence-electron chi connectivity index (χ4n) is 5.56. The highest BCUT2D eigenvalue weighted by Crippen LogP contribution is 2.49. The van der Waals surface area contributed by atoms with Crippen LogP contribution in [0.2, 0.25) is 0 Å². The number of rotatable bonds is 6. The van der Waals surface area contributed by atoms with Gasteiger partial charge in [0.05, 0.1) is 0 Å². The van der Waals surface area contributed by atoms with Crippen LogP contribution in [0.5, 0.6) is 0 Å². The summed E-state index contributed by atoms with van der Waals surface area (Å²) in [7, 11) is 0. The standard InChI is InChI=1S/C36H30O/c1-5-15-29(16-6-1)31-19-13-25-35(27-31,33-21-9-3-10-22-33)37-36(34-23-11-4-12-24-34)26-14-20-32(28-36)30-17-7-2-8-18-30/h1-26H,27-28H2. The third-order valence-corrected chi connectivity index (χ3v) is 7.41. The molecule has 0 aliphatic heterocycles. The van der Waals surface area contributed by atoms with Gasteiger partial charge in [-0.3, -0.25) is 0 Å². The maximum atomic E-state index is 7.53. The zero-order valence-corrected chi connectivity index (χ0v) is 20.8. The predicted molar refractivity (Wildman–Crippen MR) is 154 cm³/mol. The lowest BCUT2D eigenvalue weighted by Gasteiger charge is -2.45. The Bertz CT molecular complexity index is 1350. The summed E-state index contributed by atoms with van der Waals surface area (Å²) in [4.78, 5) is 0. The molecule has 0 aromatic heterocycles. The number of benzene rings is 4. The van der Waals surface area contributed by atoms with Crippen molar-refractivity contribution in [3.63, 3.8) is 0 Å². The van der Waals surface area contributed by atoms with E-state index in [0.29, 0.717) is 0 Å². The van der Waals surface area contributed by atoms with E-state index in [2.05, 4.69) is 158 Å². The van der Waals surface area contributed by atoms with Crippen molar-refractivity contribution in [1.29, 1.82) is 0 Å². The number of hydrogen-bond acceptors (Lipinski definition) is 1. The zero-order valence-electron chi connectivity index (χ0n) is 20.8. The summed E-state index contributed by atoms with van der Waals surface area (Å²) in [5.41, 5.74) is 6.07. The van der Waals surface area contributed by atoms with Crippen molar-refractivity contribution in [1.82, 2.24) is 0 Å². The molecule has 2 unspecified atom stereocenters. The average Bonchev–Trinajstić information content (AvgIpc) is 2.99. The Morgan fingerprint density at radius 1 is 0.432 bits per heavy atom. The minimum absolute atomic E-state index is 0.624. The Morgan fingerprint density at radius 2 is 0.784 bits per heavy atom. The van der Waals surface area contributed by atoms with Crippen LogP contribution in [0.3, 0.4) is 0 Å². The number of hydrogen-bond donors (Lipinski definition) is 0. The average molecular weight is 479 g/mol.